The summed E-state index contributed by atoms with van der Waals surface area (Å²) in [5, 5.41) is 0. The molecule has 0 amide bonds. The predicted molar refractivity (Wildman–Crippen MR) is 61.5 cm³/mol. The van der Waals surface area contributed by atoms with E-state index >= 15 is 0 Å². The maximum absolute atomic E-state index is 11.7. The van der Waals surface area contributed by atoms with Gasteiger partial charge in [0, 0.05) is 18.3 Å². The first-order valence-electron chi connectivity index (χ1n) is 5.33. The quantitative estimate of drug-likeness (QED) is 0.423. The Morgan fingerprint density at radius 2 is 1.75 bits per heavy atom. The smallest absolute Gasteiger partial charge is 0.0894 e. The molecule has 0 saturated carbocycles. The Labute approximate surface area is 80.4 Å². The molecule has 0 heterocycles. The van der Waals surface area contributed by atoms with Crippen LogP contribution in [0.1, 0.15) is 25.7 Å². The largest absolute Gasteiger partial charge is 0.251 e. The summed E-state index contributed by atoms with van der Waals surface area (Å²) in [4.78, 5) is 0. The monoisotopic (exact) mass is 206 g/mol. The molecule has 0 radical (unpaired) electrons. The molecule has 0 aromatic heterocycles. The van der Waals surface area contributed by atoms with E-state index in [9.17, 15) is 4.39 Å². The summed E-state index contributed by atoms with van der Waals surface area (Å²) in [6.07, 6.45) is 4.56. The standard InChI is InChI=1S/C9H23FSi2/c1-12(2)9-11-8-6-4-3-5-7-10/h12H,3-9,11H2,1-2H3. The topological polar surface area (TPSA) is 0 Å². The maximum Gasteiger partial charge on any atom is 0.0894 e. The van der Waals surface area contributed by atoms with E-state index in [1.54, 1.807) is 5.67 Å². The highest BCUT2D eigenvalue weighted by Gasteiger charge is 1.96. The summed E-state index contributed by atoms with van der Waals surface area (Å²) < 4.78 is 11.7. The minimum Gasteiger partial charge on any atom is -0.251 e. The van der Waals surface area contributed by atoms with E-state index in [2.05, 4.69) is 13.1 Å². The van der Waals surface area contributed by atoms with Crippen molar-refractivity contribution in [2.24, 2.45) is 0 Å². The van der Waals surface area contributed by atoms with Gasteiger partial charge in [-0.3, -0.25) is 4.39 Å². The number of hydrogen-bond donors (Lipinski definition) is 0. The lowest BCUT2D eigenvalue weighted by Gasteiger charge is -2.01. The fraction of sp³-hybridized carbons (Fsp3) is 1.00. The van der Waals surface area contributed by atoms with Gasteiger partial charge in [0.1, 0.15) is 0 Å². The summed E-state index contributed by atoms with van der Waals surface area (Å²) in [7, 11) is 0.0639. The molecule has 0 unspecified atom stereocenters. The molecule has 0 bridgehead atoms. The first-order valence-corrected chi connectivity index (χ1v) is 10.5. The van der Waals surface area contributed by atoms with Crippen molar-refractivity contribution < 1.29 is 4.39 Å². The van der Waals surface area contributed by atoms with Crippen LogP contribution < -0.4 is 0 Å². The van der Waals surface area contributed by atoms with Gasteiger partial charge in [0.2, 0.25) is 0 Å². The van der Waals surface area contributed by atoms with Crippen molar-refractivity contribution in [3.8, 4) is 0 Å². The summed E-state index contributed by atoms with van der Waals surface area (Å²) in [5.41, 5.74) is 1.63. The van der Waals surface area contributed by atoms with E-state index < -0.39 is 0 Å². The van der Waals surface area contributed by atoms with Gasteiger partial charge in [-0.2, -0.15) is 0 Å². The van der Waals surface area contributed by atoms with Crippen molar-refractivity contribution in [3.63, 3.8) is 0 Å². The molecule has 0 aromatic carbocycles. The van der Waals surface area contributed by atoms with E-state index in [4.69, 9.17) is 0 Å². The Hall–Kier alpha value is 0.364. The van der Waals surface area contributed by atoms with Gasteiger partial charge in [0.25, 0.3) is 0 Å². The molecule has 0 spiro atoms. The Balaban J connectivity index is 2.82. The molecule has 74 valence electrons. The molecule has 0 saturated heterocycles. The highest BCUT2D eigenvalue weighted by Crippen LogP contribution is 2.04. The number of hydrogen-bond acceptors (Lipinski definition) is 0. The van der Waals surface area contributed by atoms with E-state index in [1.165, 1.54) is 18.9 Å². The Morgan fingerprint density at radius 1 is 1.08 bits per heavy atom. The normalized spacial score (nSPS) is 12.0. The van der Waals surface area contributed by atoms with Crippen molar-refractivity contribution in [2.45, 2.75) is 50.5 Å². The van der Waals surface area contributed by atoms with Crippen LogP contribution in [-0.4, -0.2) is 25.0 Å². The van der Waals surface area contributed by atoms with Gasteiger partial charge in [-0.1, -0.05) is 44.1 Å². The van der Waals surface area contributed by atoms with E-state index in [-0.39, 0.29) is 15.5 Å². The third-order valence-corrected chi connectivity index (χ3v) is 9.42. The summed E-state index contributed by atoms with van der Waals surface area (Å²) in [6.45, 7) is 4.77. The van der Waals surface area contributed by atoms with Crippen LogP contribution in [0, 0.1) is 0 Å². The van der Waals surface area contributed by atoms with Crippen LogP contribution in [0.25, 0.3) is 0 Å². The molecule has 0 atom stereocenters. The van der Waals surface area contributed by atoms with Crippen LogP contribution in [0.3, 0.4) is 0 Å². The molecule has 12 heavy (non-hydrogen) atoms. The second-order valence-corrected chi connectivity index (χ2v) is 10.5. The van der Waals surface area contributed by atoms with Crippen molar-refractivity contribution in [1.29, 1.82) is 0 Å². The average Bonchev–Trinajstić information content (AvgIpc) is 2.02. The second kappa shape index (κ2) is 9.45. The van der Waals surface area contributed by atoms with Crippen LogP contribution in [-0.2, 0) is 0 Å². The molecule has 0 rings (SSSR count). The molecule has 0 fully saturated rings. The highest BCUT2D eigenvalue weighted by molar-refractivity contribution is 6.67. The minimum atomic E-state index is -0.234. The van der Waals surface area contributed by atoms with Gasteiger partial charge in [-0.05, 0) is 6.42 Å². The van der Waals surface area contributed by atoms with Crippen LogP contribution in [0.15, 0.2) is 0 Å². The first kappa shape index (κ1) is 12.4. The lowest BCUT2D eigenvalue weighted by molar-refractivity contribution is 0.455. The molecule has 0 aliphatic heterocycles. The SMILES string of the molecule is C[SiH](C)C[SiH2]CCCCCCF. The van der Waals surface area contributed by atoms with Crippen molar-refractivity contribution in [1.82, 2.24) is 0 Å². The van der Waals surface area contributed by atoms with E-state index in [1.807, 2.05) is 0 Å². The maximum atomic E-state index is 11.7. The highest BCUT2D eigenvalue weighted by atomic mass is 28.3. The molecule has 0 nitrogen and oxygen atoms in total. The van der Waals surface area contributed by atoms with Crippen molar-refractivity contribution >= 4 is 18.3 Å². The molecular formula is C9H23FSi2. The molecule has 0 aliphatic carbocycles. The van der Waals surface area contributed by atoms with Crippen molar-refractivity contribution in [2.75, 3.05) is 6.67 Å². The van der Waals surface area contributed by atoms with Crippen LogP contribution in [0.4, 0.5) is 4.39 Å². The average molecular weight is 206 g/mol. The number of alkyl halides is 1. The molecule has 3 heteroatoms. The lowest BCUT2D eigenvalue weighted by atomic mass is 10.2. The fourth-order valence-electron chi connectivity index (χ4n) is 1.35. The fourth-order valence-corrected chi connectivity index (χ4v) is 6.48. The zero-order valence-electron chi connectivity index (χ0n) is 8.61. The van der Waals surface area contributed by atoms with Crippen LogP contribution >= 0.6 is 0 Å². The summed E-state index contributed by atoms with van der Waals surface area (Å²) in [5.74, 6) is 0. The third-order valence-electron chi connectivity index (χ3n) is 2.17. The number of rotatable bonds is 8. The minimum absolute atomic E-state index is 0.115. The van der Waals surface area contributed by atoms with E-state index in [0.717, 1.165) is 12.8 Å². The van der Waals surface area contributed by atoms with Gasteiger partial charge in [-0.25, -0.2) is 0 Å². The van der Waals surface area contributed by atoms with Gasteiger partial charge in [0.15, 0.2) is 0 Å². The van der Waals surface area contributed by atoms with Gasteiger partial charge in [0.05, 0.1) is 6.67 Å². The van der Waals surface area contributed by atoms with Gasteiger partial charge >= 0.3 is 0 Å². The van der Waals surface area contributed by atoms with Gasteiger partial charge in [-0.15, -0.1) is 0 Å². The first-order chi connectivity index (χ1) is 5.77. The summed E-state index contributed by atoms with van der Waals surface area (Å²) >= 11 is 0. The van der Waals surface area contributed by atoms with Crippen LogP contribution in [0.5, 0.6) is 0 Å². The molecule has 0 aliphatic rings. The van der Waals surface area contributed by atoms with Crippen LogP contribution in [0.2, 0.25) is 24.8 Å². The molecule has 0 N–H and O–H groups in total. The molecular weight excluding hydrogens is 183 g/mol. The van der Waals surface area contributed by atoms with Crippen molar-refractivity contribution in [3.05, 3.63) is 0 Å². The third kappa shape index (κ3) is 10.4. The molecule has 0 aromatic rings. The Kier molecular flexibility index (Phi) is 9.74. The summed E-state index contributed by atoms with van der Waals surface area (Å²) in [6, 6.07) is 1.51. The second-order valence-electron chi connectivity index (χ2n) is 3.99. The van der Waals surface area contributed by atoms with E-state index in [0.29, 0.717) is 9.52 Å². The Morgan fingerprint density at radius 3 is 2.33 bits per heavy atom. The van der Waals surface area contributed by atoms with Gasteiger partial charge < -0.3 is 0 Å². The zero-order chi connectivity index (χ0) is 9.23. The lowest BCUT2D eigenvalue weighted by Crippen LogP contribution is -2.04. The number of halogens is 1. The predicted octanol–water partition coefficient (Wildman–Crippen LogP) is 2.55. The zero-order valence-corrected chi connectivity index (χ0v) is 11.2. The number of unbranched alkanes of at least 4 members (excludes halogenated alkanes) is 3. The Bertz CT molecular complexity index is 86.6.